The van der Waals surface area contributed by atoms with Gasteiger partial charge in [-0.3, -0.25) is 18.5 Å². The molecule has 8 nitrogen and oxygen atoms in total. The molecule has 0 atom stereocenters. The first-order valence-electron chi connectivity index (χ1n) is 10.0. The number of hydrazone groups is 1. The smallest absolute Gasteiger partial charge is 0.298 e. The Balaban J connectivity index is 1.84. The second-order valence-electron chi connectivity index (χ2n) is 7.75. The molecule has 1 N–H and O–H groups in total. The van der Waals surface area contributed by atoms with Crippen molar-refractivity contribution in [3.63, 3.8) is 0 Å². The number of nitrogens with one attached hydrogen (secondary N) is 1. The van der Waals surface area contributed by atoms with Gasteiger partial charge in [-0.15, -0.1) is 0 Å². The zero-order valence-electron chi connectivity index (χ0n) is 18.3. The lowest BCUT2D eigenvalue weighted by atomic mass is 10.1. The molecular formula is C23H23ClN6O2. The molecule has 9 heteroatoms. The summed E-state index contributed by atoms with van der Waals surface area (Å²) in [4.78, 5) is 30.0. The van der Waals surface area contributed by atoms with E-state index in [-0.39, 0.29) is 0 Å². The third-order valence-corrected chi connectivity index (χ3v) is 5.68. The summed E-state index contributed by atoms with van der Waals surface area (Å²) in [6, 6.07) is 13.4. The number of aromatic nitrogens is 4. The standard InChI is InChI=1S/C23H23ClN6O2/c1-14-5-6-15(2)17(11-14)13-30-19-20(28(3)23(32)29(4)21(19)31)26-22(30)27-25-12-16-7-9-18(24)10-8-16/h5-12H,13H2,1-4H3,(H,26,27)/b25-12+. The van der Waals surface area contributed by atoms with E-state index < -0.39 is 11.2 Å². The summed E-state index contributed by atoms with van der Waals surface area (Å²) in [6.45, 7) is 4.44. The molecule has 164 valence electrons. The van der Waals surface area contributed by atoms with Gasteiger partial charge in [0.15, 0.2) is 11.2 Å². The van der Waals surface area contributed by atoms with Crippen molar-refractivity contribution in [2.75, 3.05) is 5.43 Å². The summed E-state index contributed by atoms with van der Waals surface area (Å²) in [6.07, 6.45) is 1.63. The average molecular weight is 451 g/mol. The highest BCUT2D eigenvalue weighted by molar-refractivity contribution is 6.30. The number of benzene rings is 2. The van der Waals surface area contributed by atoms with Crippen LogP contribution in [-0.4, -0.2) is 24.9 Å². The molecule has 0 saturated heterocycles. The summed E-state index contributed by atoms with van der Waals surface area (Å²) in [5, 5.41) is 4.93. The van der Waals surface area contributed by atoms with Crippen molar-refractivity contribution in [1.29, 1.82) is 0 Å². The Labute approximate surface area is 189 Å². The van der Waals surface area contributed by atoms with Crippen LogP contribution in [0.5, 0.6) is 0 Å². The fraction of sp³-hybridized carbons (Fsp3) is 0.217. The zero-order valence-corrected chi connectivity index (χ0v) is 19.0. The molecule has 0 unspecified atom stereocenters. The van der Waals surface area contributed by atoms with Crippen molar-refractivity contribution in [2.24, 2.45) is 19.2 Å². The molecule has 4 aromatic rings. The topological polar surface area (TPSA) is 86.2 Å². The lowest BCUT2D eigenvalue weighted by Crippen LogP contribution is -2.37. The van der Waals surface area contributed by atoms with Gasteiger partial charge in [-0.25, -0.2) is 10.2 Å². The minimum atomic E-state index is -0.435. The van der Waals surface area contributed by atoms with Crippen molar-refractivity contribution in [2.45, 2.75) is 20.4 Å². The highest BCUT2D eigenvalue weighted by atomic mass is 35.5. The van der Waals surface area contributed by atoms with E-state index in [0.29, 0.717) is 28.7 Å². The van der Waals surface area contributed by atoms with E-state index >= 15 is 0 Å². The van der Waals surface area contributed by atoms with Gasteiger partial charge in [0.05, 0.1) is 12.8 Å². The molecule has 4 rings (SSSR count). The molecule has 0 saturated carbocycles. The number of fused-ring (bicyclic) bond motifs is 1. The summed E-state index contributed by atoms with van der Waals surface area (Å²) in [5.41, 5.74) is 6.83. The molecule has 0 aliphatic heterocycles. The number of nitrogens with zero attached hydrogens (tertiary/aromatic N) is 5. The van der Waals surface area contributed by atoms with Crippen LogP contribution in [0.3, 0.4) is 0 Å². The zero-order chi connectivity index (χ0) is 23.0. The normalized spacial score (nSPS) is 11.5. The van der Waals surface area contributed by atoms with Crippen molar-refractivity contribution in [3.8, 4) is 0 Å². The highest BCUT2D eigenvalue weighted by Crippen LogP contribution is 2.20. The number of hydrogen-bond donors (Lipinski definition) is 1. The largest absolute Gasteiger partial charge is 0.332 e. The number of imidazole rings is 1. The third-order valence-electron chi connectivity index (χ3n) is 5.43. The van der Waals surface area contributed by atoms with Crippen LogP contribution in [0.25, 0.3) is 11.2 Å². The molecule has 0 amide bonds. The summed E-state index contributed by atoms with van der Waals surface area (Å²) < 4.78 is 4.22. The number of aryl methyl sites for hydroxylation is 3. The fourth-order valence-electron chi connectivity index (χ4n) is 3.54. The Morgan fingerprint density at radius 1 is 1.06 bits per heavy atom. The molecule has 32 heavy (non-hydrogen) atoms. The average Bonchev–Trinajstić information content (AvgIpc) is 3.13. The van der Waals surface area contributed by atoms with Gasteiger partial charge in [-0.05, 0) is 42.7 Å². The van der Waals surface area contributed by atoms with Gasteiger partial charge in [0, 0.05) is 19.1 Å². The molecule has 0 spiro atoms. The van der Waals surface area contributed by atoms with E-state index in [9.17, 15) is 9.59 Å². The van der Waals surface area contributed by atoms with E-state index in [2.05, 4.69) is 21.6 Å². The summed E-state index contributed by atoms with van der Waals surface area (Å²) in [5.74, 6) is 0.365. The van der Waals surface area contributed by atoms with E-state index in [1.54, 1.807) is 30.0 Å². The predicted octanol–water partition coefficient (Wildman–Crippen LogP) is 3.20. The van der Waals surface area contributed by atoms with Gasteiger partial charge in [0.25, 0.3) is 5.56 Å². The van der Waals surface area contributed by atoms with Gasteiger partial charge in [0.2, 0.25) is 5.95 Å². The molecule has 0 fully saturated rings. The van der Waals surface area contributed by atoms with E-state index in [4.69, 9.17) is 11.6 Å². The number of anilines is 1. The molecule has 0 bridgehead atoms. The van der Waals surface area contributed by atoms with E-state index in [1.807, 2.05) is 38.1 Å². The van der Waals surface area contributed by atoms with Gasteiger partial charge < -0.3 is 0 Å². The Bertz CT molecular complexity index is 1460. The minimum absolute atomic E-state index is 0.299. The first-order valence-corrected chi connectivity index (χ1v) is 10.4. The van der Waals surface area contributed by atoms with Gasteiger partial charge >= 0.3 is 5.69 Å². The molecule has 0 aliphatic rings. The van der Waals surface area contributed by atoms with E-state index in [0.717, 1.165) is 26.8 Å². The monoisotopic (exact) mass is 450 g/mol. The minimum Gasteiger partial charge on any atom is -0.298 e. The number of halogens is 1. The maximum absolute atomic E-state index is 13.0. The fourth-order valence-corrected chi connectivity index (χ4v) is 3.67. The van der Waals surface area contributed by atoms with Crippen molar-refractivity contribution < 1.29 is 0 Å². The molecular weight excluding hydrogens is 428 g/mol. The molecule has 0 radical (unpaired) electrons. The summed E-state index contributed by atoms with van der Waals surface area (Å²) >= 11 is 5.93. The summed E-state index contributed by atoms with van der Waals surface area (Å²) in [7, 11) is 3.06. The molecule has 2 heterocycles. The van der Waals surface area contributed by atoms with Crippen LogP contribution >= 0.6 is 11.6 Å². The van der Waals surface area contributed by atoms with Crippen LogP contribution in [0.2, 0.25) is 5.02 Å². The highest BCUT2D eigenvalue weighted by Gasteiger charge is 2.19. The molecule has 0 aliphatic carbocycles. The van der Waals surface area contributed by atoms with E-state index in [1.165, 1.54) is 11.6 Å². The Hall–Kier alpha value is -3.65. The van der Waals surface area contributed by atoms with Gasteiger partial charge in [-0.2, -0.15) is 10.1 Å². The predicted molar refractivity (Wildman–Crippen MR) is 128 cm³/mol. The molecule has 2 aromatic carbocycles. The Morgan fingerprint density at radius 2 is 1.78 bits per heavy atom. The number of hydrogen-bond acceptors (Lipinski definition) is 5. The van der Waals surface area contributed by atoms with Crippen LogP contribution in [0.15, 0.2) is 57.2 Å². The quantitative estimate of drug-likeness (QED) is 0.373. The third kappa shape index (κ3) is 3.97. The van der Waals surface area contributed by atoms with Crippen LogP contribution in [-0.2, 0) is 20.6 Å². The Morgan fingerprint density at radius 3 is 2.50 bits per heavy atom. The Kier molecular flexibility index (Phi) is 5.71. The lowest BCUT2D eigenvalue weighted by molar-refractivity contribution is 0.702. The van der Waals surface area contributed by atoms with Crippen LogP contribution in [0.4, 0.5) is 5.95 Å². The van der Waals surface area contributed by atoms with Crippen LogP contribution < -0.4 is 16.7 Å². The first-order chi connectivity index (χ1) is 15.3. The number of rotatable bonds is 5. The first kappa shape index (κ1) is 21.6. The van der Waals surface area contributed by atoms with Crippen LogP contribution in [0, 0.1) is 13.8 Å². The molecule has 2 aromatic heterocycles. The second-order valence-corrected chi connectivity index (χ2v) is 8.19. The SMILES string of the molecule is Cc1ccc(C)c(Cn2c(N/N=C/c3ccc(Cl)cc3)nc3c2c(=O)n(C)c(=O)n3C)c1. The van der Waals surface area contributed by atoms with Crippen LogP contribution in [0.1, 0.15) is 22.3 Å². The van der Waals surface area contributed by atoms with Gasteiger partial charge in [-0.1, -0.05) is 47.5 Å². The maximum Gasteiger partial charge on any atom is 0.332 e. The van der Waals surface area contributed by atoms with Crippen molar-refractivity contribution in [1.82, 2.24) is 18.7 Å². The lowest BCUT2D eigenvalue weighted by Gasteiger charge is -2.12. The maximum atomic E-state index is 13.0. The second kappa shape index (κ2) is 8.47. The van der Waals surface area contributed by atoms with Crippen molar-refractivity contribution in [3.05, 3.63) is 90.6 Å². The van der Waals surface area contributed by atoms with Gasteiger partial charge in [0.1, 0.15) is 0 Å². The van der Waals surface area contributed by atoms with Crippen molar-refractivity contribution >= 4 is 34.9 Å².